The number of rotatable bonds is 7. The average molecular weight is 347 g/mol. The van der Waals surface area contributed by atoms with E-state index in [1.165, 1.54) is 5.56 Å². The van der Waals surface area contributed by atoms with Crippen molar-refractivity contribution in [2.75, 3.05) is 33.5 Å². The first-order valence-electron chi connectivity index (χ1n) is 9.29. The molecular weight excluding hydrogens is 318 g/mol. The molecule has 0 bridgehead atoms. The van der Waals surface area contributed by atoms with Crippen molar-refractivity contribution in [1.82, 2.24) is 5.32 Å². The molecule has 1 aromatic carbocycles. The van der Waals surface area contributed by atoms with E-state index in [1.807, 2.05) is 19.1 Å². The first kappa shape index (κ1) is 18.4. The lowest BCUT2D eigenvalue weighted by molar-refractivity contribution is -0.150. The Balaban J connectivity index is 1.78. The second-order valence-electron chi connectivity index (χ2n) is 7.00. The highest BCUT2D eigenvalue weighted by atomic mass is 16.5. The number of hydrogen-bond acceptors (Lipinski definition) is 4. The SMILES string of the molecule is CCOC1(C(=O)NCC2(COC)OCCc3ccccc32)CCCC1. The Hall–Kier alpha value is -1.43. The van der Waals surface area contributed by atoms with Crippen LogP contribution in [-0.2, 0) is 31.0 Å². The van der Waals surface area contributed by atoms with Crippen LogP contribution in [0.4, 0.5) is 0 Å². The largest absolute Gasteiger partial charge is 0.381 e. The minimum absolute atomic E-state index is 0.0195. The second-order valence-corrected chi connectivity index (χ2v) is 7.00. The Kier molecular flexibility index (Phi) is 5.77. The Morgan fingerprint density at radius 1 is 1.28 bits per heavy atom. The molecule has 1 aliphatic heterocycles. The average Bonchev–Trinajstić information content (AvgIpc) is 3.11. The third-order valence-electron chi connectivity index (χ3n) is 5.42. The van der Waals surface area contributed by atoms with E-state index < -0.39 is 11.2 Å². The summed E-state index contributed by atoms with van der Waals surface area (Å²) < 4.78 is 17.5. The third-order valence-corrected chi connectivity index (χ3v) is 5.42. The van der Waals surface area contributed by atoms with Crippen LogP contribution in [-0.4, -0.2) is 45.0 Å². The summed E-state index contributed by atoms with van der Waals surface area (Å²) in [5.74, 6) is -0.0195. The fourth-order valence-corrected chi connectivity index (χ4v) is 4.21. The molecule has 1 aromatic rings. The highest BCUT2D eigenvalue weighted by molar-refractivity contribution is 5.85. The van der Waals surface area contributed by atoms with Gasteiger partial charge in [0.1, 0.15) is 11.2 Å². The van der Waals surface area contributed by atoms with E-state index in [0.29, 0.717) is 26.4 Å². The molecule has 0 aromatic heterocycles. The molecule has 138 valence electrons. The number of benzene rings is 1. The Morgan fingerprint density at radius 2 is 2.04 bits per heavy atom. The number of nitrogens with one attached hydrogen (secondary N) is 1. The summed E-state index contributed by atoms with van der Waals surface area (Å²) in [6.07, 6.45) is 4.55. The summed E-state index contributed by atoms with van der Waals surface area (Å²) >= 11 is 0. The van der Waals surface area contributed by atoms with Crippen LogP contribution in [0, 0.1) is 0 Å². The van der Waals surface area contributed by atoms with Crippen molar-refractivity contribution in [3.8, 4) is 0 Å². The van der Waals surface area contributed by atoms with Crippen LogP contribution in [0.2, 0.25) is 0 Å². The van der Waals surface area contributed by atoms with Crippen LogP contribution < -0.4 is 5.32 Å². The van der Waals surface area contributed by atoms with Crippen LogP contribution in [0.25, 0.3) is 0 Å². The van der Waals surface area contributed by atoms with Gasteiger partial charge in [-0.1, -0.05) is 24.3 Å². The van der Waals surface area contributed by atoms with Crippen molar-refractivity contribution in [3.63, 3.8) is 0 Å². The zero-order chi connectivity index (χ0) is 17.8. The van der Waals surface area contributed by atoms with Gasteiger partial charge in [0.15, 0.2) is 0 Å². The van der Waals surface area contributed by atoms with Gasteiger partial charge >= 0.3 is 0 Å². The van der Waals surface area contributed by atoms with Gasteiger partial charge in [0.25, 0.3) is 5.91 Å². The summed E-state index contributed by atoms with van der Waals surface area (Å²) in [5, 5.41) is 3.12. The number of hydrogen-bond donors (Lipinski definition) is 1. The molecule has 1 unspecified atom stereocenters. The van der Waals surface area contributed by atoms with Gasteiger partial charge in [0.05, 0.1) is 19.8 Å². The molecule has 0 radical (unpaired) electrons. The molecule has 5 nitrogen and oxygen atoms in total. The van der Waals surface area contributed by atoms with Crippen LogP contribution >= 0.6 is 0 Å². The van der Waals surface area contributed by atoms with Gasteiger partial charge < -0.3 is 19.5 Å². The number of carbonyl (C=O) groups is 1. The van der Waals surface area contributed by atoms with E-state index >= 15 is 0 Å². The molecule has 1 amide bonds. The zero-order valence-corrected chi connectivity index (χ0v) is 15.3. The molecule has 25 heavy (non-hydrogen) atoms. The zero-order valence-electron chi connectivity index (χ0n) is 15.3. The smallest absolute Gasteiger partial charge is 0.252 e. The summed E-state index contributed by atoms with van der Waals surface area (Å²) in [6.45, 7) is 3.93. The van der Waals surface area contributed by atoms with Gasteiger partial charge in [-0.15, -0.1) is 0 Å². The topological polar surface area (TPSA) is 56.8 Å². The van der Waals surface area contributed by atoms with E-state index in [4.69, 9.17) is 14.2 Å². The van der Waals surface area contributed by atoms with E-state index in [1.54, 1.807) is 7.11 Å². The van der Waals surface area contributed by atoms with Gasteiger partial charge in [-0.2, -0.15) is 0 Å². The fourth-order valence-electron chi connectivity index (χ4n) is 4.21. The summed E-state index contributed by atoms with van der Waals surface area (Å²) in [4.78, 5) is 12.9. The van der Waals surface area contributed by atoms with Crippen LogP contribution in [0.5, 0.6) is 0 Å². The maximum Gasteiger partial charge on any atom is 0.252 e. The number of methoxy groups -OCH3 is 1. The van der Waals surface area contributed by atoms with Gasteiger partial charge in [0.2, 0.25) is 0 Å². The van der Waals surface area contributed by atoms with Gasteiger partial charge in [-0.25, -0.2) is 0 Å². The van der Waals surface area contributed by atoms with E-state index in [2.05, 4.69) is 17.4 Å². The molecule has 1 heterocycles. The quantitative estimate of drug-likeness (QED) is 0.824. The van der Waals surface area contributed by atoms with E-state index in [0.717, 1.165) is 37.7 Å². The summed E-state index contributed by atoms with van der Waals surface area (Å²) in [6, 6.07) is 8.26. The molecule has 0 saturated heterocycles. The minimum Gasteiger partial charge on any atom is -0.381 e. The van der Waals surface area contributed by atoms with Gasteiger partial charge in [-0.3, -0.25) is 4.79 Å². The van der Waals surface area contributed by atoms with Crippen molar-refractivity contribution < 1.29 is 19.0 Å². The minimum atomic E-state index is -0.669. The van der Waals surface area contributed by atoms with E-state index in [-0.39, 0.29) is 5.91 Å². The van der Waals surface area contributed by atoms with Crippen molar-refractivity contribution in [2.24, 2.45) is 0 Å². The van der Waals surface area contributed by atoms with E-state index in [9.17, 15) is 4.79 Å². The summed E-state index contributed by atoms with van der Waals surface area (Å²) in [7, 11) is 1.67. The molecular formula is C20H29NO4. The monoisotopic (exact) mass is 347 g/mol. The van der Waals surface area contributed by atoms with Crippen molar-refractivity contribution in [1.29, 1.82) is 0 Å². The predicted octanol–water partition coefficient (Wildman–Crippen LogP) is 2.57. The first-order valence-corrected chi connectivity index (χ1v) is 9.29. The molecule has 2 aliphatic rings. The number of ether oxygens (including phenoxy) is 3. The Labute approximate surface area is 150 Å². The molecule has 5 heteroatoms. The molecule has 0 spiro atoms. The molecule has 1 fully saturated rings. The van der Waals surface area contributed by atoms with Crippen LogP contribution in [0.15, 0.2) is 24.3 Å². The highest BCUT2D eigenvalue weighted by Crippen LogP contribution is 2.36. The maximum absolute atomic E-state index is 12.9. The van der Waals surface area contributed by atoms with Gasteiger partial charge in [0, 0.05) is 13.7 Å². The van der Waals surface area contributed by atoms with Gasteiger partial charge in [-0.05, 0) is 50.2 Å². The maximum atomic E-state index is 12.9. The lowest BCUT2D eigenvalue weighted by Crippen LogP contribution is -2.54. The number of amides is 1. The lowest BCUT2D eigenvalue weighted by Gasteiger charge is -2.39. The summed E-state index contributed by atoms with van der Waals surface area (Å²) in [5.41, 5.74) is 1.07. The molecule has 1 saturated carbocycles. The molecule has 1 atom stereocenters. The normalized spacial score (nSPS) is 24.7. The van der Waals surface area contributed by atoms with Crippen LogP contribution in [0.1, 0.15) is 43.7 Å². The highest BCUT2D eigenvalue weighted by Gasteiger charge is 2.44. The number of carbonyl (C=O) groups excluding carboxylic acids is 1. The van der Waals surface area contributed by atoms with Crippen LogP contribution in [0.3, 0.4) is 0 Å². The van der Waals surface area contributed by atoms with Crippen molar-refractivity contribution >= 4 is 5.91 Å². The Morgan fingerprint density at radius 3 is 2.76 bits per heavy atom. The first-order chi connectivity index (χ1) is 12.2. The molecule has 1 N–H and O–H groups in total. The van der Waals surface area contributed by atoms with Crippen molar-refractivity contribution in [2.45, 2.75) is 50.2 Å². The van der Waals surface area contributed by atoms with Crippen molar-refractivity contribution in [3.05, 3.63) is 35.4 Å². The lowest BCUT2D eigenvalue weighted by atomic mass is 9.86. The molecule has 3 rings (SSSR count). The Bertz CT molecular complexity index is 597. The fraction of sp³-hybridized carbons (Fsp3) is 0.650. The predicted molar refractivity (Wildman–Crippen MR) is 95.5 cm³/mol. The molecule has 1 aliphatic carbocycles. The number of fused-ring (bicyclic) bond motifs is 1. The second kappa shape index (κ2) is 7.85. The third kappa shape index (κ3) is 3.59. The standard InChI is InChI=1S/C20H29NO4/c1-3-24-19(11-6-7-12-19)18(22)21-14-20(15-23-2)17-9-5-4-8-16(17)10-13-25-20/h4-5,8-9H,3,6-7,10-15H2,1-2H3,(H,21,22).